The van der Waals surface area contributed by atoms with E-state index in [4.69, 9.17) is 14.2 Å². The van der Waals surface area contributed by atoms with Gasteiger partial charge in [0.1, 0.15) is 18.1 Å². The predicted molar refractivity (Wildman–Crippen MR) is 92.3 cm³/mol. The van der Waals surface area contributed by atoms with Gasteiger partial charge in [-0.25, -0.2) is 4.79 Å². The summed E-state index contributed by atoms with van der Waals surface area (Å²) in [5.74, 6) is 0.601. The second-order valence-corrected chi connectivity index (χ2v) is 5.94. The Bertz CT molecular complexity index is 728. The third-order valence-corrected chi connectivity index (χ3v) is 4.02. The molecule has 0 spiro atoms. The van der Waals surface area contributed by atoms with Crippen LogP contribution in [0.5, 0.6) is 11.5 Å². The van der Waals surface area contributed by atoms with Crippen LogP contribution in [0.25, 0.3) is 0 Å². The molecule has 0 radical (unpaired) electrons. The summed E-state index contributed by atoms with van der Waals surface area (Å²) < 4.78 is 16.5. The summed E-state index contributed by atoms with van der Waals surface area (Å²) in [5, 5.41) is 0. The fourth-order valence-corrected chi connectivity index (χ4v) is 2.58. The first kappa shape index (κ1) is 17.2. The number of carbonyl (C=O) groups is 2. The van der Waals surface area contributed by atoms with Crippen molar-refractivity contribution in [3.63, 3.8) is 0 Å². The molecular weight excluding hydrogens is 320 g/mol. The topological polar surface area (TPSA) is 61.8 Å². The van der Waals surface area contributed by atoms with Gasteiger partial charge in [-0.2, -0.15) is 0 Å². The summed E-state index contributed by atoms with van der Waals surface area (Å²) >= 11 is 0. The number of hydrogen-bond donors (Lipinski definition) is 0. The highest BCUT2D eigenvalue weighted by molar-refractivity contribution is 5.94. The van der Waals surface area contributed by atoms with E-state index in [1.54, 1.807) is 48.5 Å². The van der Waals surface area contributed by atoms with E-state index in [0.29, 0.717) is 29.2 Å². The molecule has 0 saturated carbocycles. The average Bonchev–Trinajstić information content (AvgIpc) is 3.14. The van der Waals surface area contributed by atoms with E-state index in [1.165, 1.54) is 6.92 Å². The highest BCUT2D eigenvalue weighted by atomic mass is 16.5. The Balaban J connectivity index is 1.55. The van der Waals surface area contributed by atoms with Gasteiger partial charge in [-0.15, -0.1) is 0 Å². The molecule has 25 heavy (non-hydrogen) atoms. The second kappa shape index (κ2) is 7.94. The van der Waals surface area contributed by atoms with E-state index >= 15 is 0 Å². The molecular formula is C20H20O5. The maximum Gasteiger partial charge on any atom is 0.343 e. The van der Waals surface area contributed by atoms with Crippen LogP contribution in [0.3, 0.4) is 0 Å². The monoisotopic (exact) mass is 340 g/mol. The van der Waals surface area contributed by atoms with E-state index in [1.807, 2.05) is 0 Å². The number of hydrogen-bond acceptors (Lipinski definition) is 5. The zero-order valence-electron chi connectivity index (χ0n) is 14.1. The minimum atomic E-state index is -0.457. The Kier molecular flexibility index (Phi) is 5.46. The average molecular weight is 340 g/mol. The molecule has 0 N–H and O–H groups in total. The van der Waals surface area contributed by atoms with Crippen molar-refractivity contribution in [1.29, 1.82) is 0 Å². The van der Waals surface area contributed by atoms with Crippen molar-refractivity contribution in [2.75, 3.05) is 13.2 Å². The molecule has 1 aliphatic rings. The number of carbonyl (C=O) groups excluding carboxylic acids is 2. The van der Waals surface area contributed by atoms with Gasteiger partial charge in [0.2, 0.25) is 0 Å². The first-order chi connectivity index (χ1) is 12.1. The molecule has 0 unspecified atom stereocenters. The van der Waals surface area contributed by atoms with Gasteiger partial charge >= 0.3 is 5.97 Å². The molecule has 0 aliphatic carbocycles. The minimum absolute atomic E-state index is 0.0310. The lowest BCUT2D eigenvalue weighted by atomic mass is 10.1. The summed E-state index contributed by atoms with van der Waals surface area (Å²) in [6.45, 7) is 2.81. The largest absolute Gasteiger partial charge is 0.491 e. The number of rotatable bonds is 6. The van der Waals surface area contributed by atoms with Crippen LogP contribution in [0, 0.1) is 0 Å². The van der Waals surface area contributed by atoms with E-state index in [0.717, 1.165) is 19.4 Å². The standard InChI is InChI=1S/C20H20O5/c1-14(21)15-4-10-18(11-5-15)25-20(22)16-6-8-17(9-7-16)24-13-19-3-2-12-23-19/h4-11,19H,2-3,12-13H2,1H3/t19-/m0/s1. The van der Waals surface area contributed by atoms with Gasteiger partial charge in [-0.3, -0.25) is 4.79 Å². The summed E-state index contributed by atoms with van der Waals surface area (Å²) in [4.78, 5) is 23.4. The molecule has 2 aromatic carbocycles. The van der Waals surface area contributed by atoms with Gasteiger partial charge in [-0.05, 0) is 68.3 Å². The summed E-state index contributed by atoms with van der Waals surface area (Å²) in [6, 6.07) is 13.3. The van der Waals surface area contributed by atoms with Gasteiger partial charge in [0.15, 0.2) is 5.78 Å². The number of Topliss-reactive ketones (excluding diaryl/α,β-unsaturated/α-hetero) is 1. The highest BCUT2D eigenvalue weighted by Crippen LogP contribution is 2.18. The smallest absolute Gasteiger partial charge is 0.343 e. The number of esters is 1. The molecule has 1 heterocycles. The predicted octanol–water partition coefficient (Wildman–Crippen LogP) is 3.67. The van der Waals surface area contributed by atoms with Crippen LogP contribution in [-0.2, 0) is 4.74 Å². The van der Waals surface area contributed by atoms with Gasteiger partial charge in [0.25, 0.3) is 0 Å². The molecule has 130 valence electrons. The fourth-order valence-electron chi connectivity index (χ4n) is 2.58. The summed E-state index contributed by atoms with van der Waals surface area (Å²) in [6.07, 6.45) is 2.25. The molecule has 2 aromatic rings. The summed E-state index contributed by atoms with van der Waals surface area (Å²) in [7, 11) is 0. The van der Waals surface area contributed by atoms with Crippen LogP contribution in [0.1, 0.15) is 40.5 Å². The third kappa shape index (κ3) is 4.67. The van der Waals surface area contributed by atoms with Crippen LogP contribution < -0.4 is 9.47 Å². The number of ketones is 1. The SMILES string of the molecule is CC(=O)c1ccc(OC(=O)c2ccc(OC[C@@H]3CCCO3)cc2)cc1. The lowest BCUT2D eigenvalue weighted by Gasteiger charge is -2.11. The molecule has 1 fully saturated rings. The molecule has 5 heteroatoms. The Labute approximate surface area is 146 Å². The number of benzene rings is 2. The Morgan fingerprint density at radius 1 is 1.00 bits per heavy atom. The molecule has 0 aromatic heterocycles. The maximum atomic E-state index is 12.2. The van der Waals surface area contributed by atoms with Crippen molar-refractivity contribution in [3.05, 3.63) is 59.7 Å². The Hall–Kier alpha value is -2.66. The van der Waals surface area contributed by atoms with Gasteiger partial charge in [0.05, 0.1) is 11.7 Å². The van der Waals surface area contributed by atoms with E-state index in [-0.39, 0.29) is 11.9 Å². The lowest BCUT2D eigenvalue weighted by molar-refractivity contribution is 0.0678. The number of ether oxygens (including phenoxy) is 3. The Morgan fingerprint density at radius 2 is 1.64 bits per heavy atom. The van der Waals surface area contributed by atoms with E-state index in [2.05, 4.69) is 0 Å². The Morgan fingerprint density at radius 3 is 2.24 bits per heavy atom. The van der Waals surface area contributed by atoms with Crippen LogP contribution in [0.4, 0.5) is 0 Å². The molecule has 0 amide bonds. The lowest BCUT2D eigenvalue weighted by Crippen LogP contribution is -2.16. The van der Waals surface area contributed by atoms with Crippen LogP contribution in [0.15, 0.2) is 48.5 Å². The van der Waals surface area contributed by atoms with Crippen LogP contribution in [0.2, 0.25) is 0 Å². The van der Waals surface area contributed by atoms with Crippen molar-refractivity contribution in [3.8, 4) is 11.5 Å². The third-order valence-electron chi connectivity index (χ3n) is 4.02. The van der Waals surface area contributed by atoms with Crippen molar-refractivity contribution < 1.29 is 23.8 Å². The minimum Gasteiger partial charge on any atom is -0.491 e. The summed E-state index contributed by atoms with van der Waals surface area (Å²) in [5.41, 5.74) is 1.01. The molecule has 1 atom stereocenters. The van der Waals surface area contributed by atoms with Gasteiger partial charge < -0.3 is 14.2 Å². The first-order valence-electron chi connectivity index (χ1n) is 8.29. The molecule has 1 aliphatic heterocycles. The fraction of sp³-hybridized carbons (Fsp3) is 0.300. The highest BCUT2D eigenvalue weighted by Gasteiger charge is 2.16. The second-order valence-electron chi connectivity index (χ2n) is 5.94. The zero-order chi connectivity index (χ0) is 17.6. The van der Waals surface area contributed by atoms with Crippen LogP contribution in [-0.4, -0.2) is 31.1 Å². The van der Waals surface area contributed by atoms with E-state index < -0.39 is 5.97 Å². The van der Waals surface area contributed by atoms with Crippen LogP contribution >= 0.6 is 0 Å². The van der Waals surface area contributed by atoms with Crippen molar-refractivity contribution in [1.82, 2.24) is 0 Å². The molecule has 0 bridgehead atoms. The zero-order valence-corrected chi connectivity index (χ0v) is 14.1. The van der Waals surface area contributed by atoms with Crippen molar-refractivity contribution in [2.24, 2.45) is 0 Å². The molecule has 1 saturated heterocycles. The first-order valence-corrected chi connectivity index (χ1v) is 8.29. The van der Waals surface area contributed by atoms with Gasteiger partial charge in [-0.1, -0.05) is 0 Å². The quantitative estimate of drug-likeness (QED) is 0.456. The van der Waals surface area contributed by atoms with Crippen molar-refractivity contribution >= 4 is 11.8 Å². The normalized spacial score (nSPS) is 16.4. The molecule has 3 rings (SSSR count). The molecule has 5 nitrogen and oxygen atoms in total. The van der Waals surface area contributed by atoms with Gasteiger partial charge in [0, 0.05) is 12.2 Å². The van der Waals surface area contributed by atoms with Crippen molar-refractivity contribution in [2.45, 2.75) is 25.9 Å². The van der Waals surface area contributed by atoms with E-state index in [9.17, 15) is 9.59 Å². The maximum absolute atomic E-state index is 12.2.